The zero-order valence-electron chi connectivity index (χ0n) is 11.9. The monoisotopic (exact) mass is 315 g/mol. The van der Waals surface area contributed by atoms with Crippen LogP contribution in [0.5, 0.6) is 5.75 Å². The first-order valence-electron chi connectivity index (χ1n) is 6.49. The number of carbonyl (C=O) groups is 1. The number of benzene rings is 1. The van der Waals surface area contributed by atoms with E-state index in [-0.39, 0.29) is 10.6 Å². The topological polar surface area (TPSA) is 86.5 Å². The second-order valence-corrected chi connectivity index (χ2v) is 5.81. The summed E-state index contributed by atoms with van der Waals surface area (Å²) in [4.78, 5) is 22.5. The number of phenols is 1. The zero-order valence-corrected chi connectivity index (χ0v) is 12.8. The minimum atomic E-state index is -0.960. The molecule has 0 aliphatic carbocycles. The van der Waals surface area contributed by atoms with Crippen LogP contribution in [0.3, 0.4) is 0 Å². The fraction of sp³-hybridized carbons (Fsp3) is 0.133. The molecular weight excluding hydrogens is 302 g/mol. The van der Waals surface area contributed by atoms with Crippen molar-refractivity contribution in [3.05, 3.63) is 41.0 Å². The lowest BCUT2D eigenvalue weighted by Crippen LogP contribution is -2.11. The average Bonchev–Trinajstić information content (AvgIpc) is 2.85. The number of rotatable bonds is 3. The molecule has 0 saturated heterocycles. The molecule has 2 aromatic heterocycles. The lowest BCUT2D eigenvalue weighted by atomic mass is 10.2. The van der Waals surface area contributed by atoms with Crippen molar-refractivity contribution in [2.24, 2.45) is 0 Å². The first-order chi connectivity index (χ1) is 10.5. The van der Waals surface area contributed by atoms with E-state index in [0.717, 1.165) is 22.4 Å². The van der Waals surface area contributed by atoms with Gasteiger partial charge in [0.05, 0.1) is 5.39 Å². The van der Waals surface area contributed by atoms with E-state index in [2.05, 4.69) is 9.97 Å². The number of aromatic nitrogens is 2. The zero-order chi connectivity index (χ0) is 15.9. The molecule has 0 bridgehead atoms. The van der Waals surface area contributed by atoms with Gasteiger partial charge >= 0.3 is 5.97 Å². The summed E-state index contributed by atoms with van der Waals surface area (Å²) < 4.78 is 0. The molecule has 0 fully saturated rings. The standard InChI is InChI=1S/C15H13N3O3S/c1-8-11-13(18(2)9-3-5-10(19)6-4-9)16-7-17-14(11)22-12(8)15(20)21/h3-7,19H,1-2H3,(H,20,21). The van der Waals surface area contributed by atoms with Crippen LogP contribution in [-0.2, 0) is 0 Å². The Hall–Kier alpha value is -2.67. The van der Waals surface area contributed by atoms with Gasteiger partial charge in [-0.2, -0.15) is 0 Å². The van der Waals surface area contributed by atoms with Crippen molar-refractivity contribution in [1.82, 2.24) is 9.97 Å². The molecule has 0 atom stereocenters. The van der Waals surface area contributed by atoms with Crippen molar-refractivity contribution in [2.75, 3.05) is 11.9 Å². The number of nitrogens with zero attached hydrogens (tertiary/aromatic N) is 3. The highest BCUT2D eigenvalue weighted by Gasteiger charge is 2.20. The number of hydrogen-bond acceptors (Lipinski definition) is 6. The highest BCUT2D eigenvalue weighted by atomic mass is 32.1. The first-order valence-corrected chi connectivity index (χ1v) is 7.31. The predicted octanol–water partition coefficient (Wildman–Crippen LogP) is 3.17. The smallest absolute Gasteiger partial charge is 0.346 e. The van der Waals surface area contributed by atoms with Gasteiger partial charge in [-0.1, -0.05) is 0 Å². The fourth-order valence-electron chi connectivity index (χ4n) is 2.31. The predicted molar refractivity (Wildman–Crippen MR) is 85.3 cm³/mol. The molecule has 6 nitrogen and oxygen atoms in total. The Balaban J connectivity index is 2.18. The Morgan fingerprint density at radius 3 is 2.55 bits per heavy atom. The number of hydrogen-bond donors (Lipinski definition) is 2. The quantitative estimate of drug-likeness (QED) is 0.772. The number of aryl methyl sites for hydroxylation is 1. The van der Waals surface area contributed by atoms with Crippen LogP contribution in [0.1, 0.15) is 15.2 Å². The maximum absolute atomic E-state index is 11.3. The molecule has 7 heteroatoms. The number of carboxylic acid groups (broad SMARTS) is 1. The second kappa shape index (κ2) is 5.27. The number of phenolic OH excluding ortho intramolecular Hbond substituents is 1. The van der Waals surface area contributed by atoms with Gasteiger partial charge in [-0.05, 0) is 36.8 Å². The summed E-state index contributed by atoms with van der Waals surface area (Å²) in [5.74, 6) is -0.138. The molecule has 0 aliphatic rings. The molecule has 112 valence electrons. The Kier molecular flexibility index (Phi) is 3.42. The van der Waals surface area contributed by atoms with E-state index in [9.17, 15) is 15.0 Å². The number of aromatic carboxylic acids is 1. The minimum absolute atomic E-state index is 0.185. The van der Waals surface area contributed by atoms with Crippen LogP contribution in [-0.4, -0.2) is 33.2 Å². The summed E-state index contributed by atoms with van der Waals surface area (Å²) in [5, 5.41) is 19.4. The molecule has 0 aliphatic heterocycles. The number of anilines is 2. The highest BCUT2D eigenvalue weighted by Crippen LogP contribution is 2.36. The molecule has 1 aromatic carbocycles. The lowest BCUT2D eigenvalue weighted by molar-refractivity contribution is 0.0701. The molecule has 0 unspecified atom stereocenters. The molecular formula is C15H13N3O3S. The Bertz CT molecular complexity index is 858. The van der Waals surface area contributed by atoms with Crippen LogP contribution in [0.4, 0.5) is 11.5 Å². The minimum Gasteiger partial charge on any atom is -0.508 e. The van der Waals surface area contributed by atoms with Gasteiger partial charge in [-0.25, -0.2) is 14.8 Å². The normalized spacial score (nSPS) is 10.8. The van der Waals surface area contributed by atoms with Gasteiger partial charge in [0.15, 0.2) is 0 Å². The van der Waals surface area contributed by atoms with Crippen molar-refractivity contribution in [2.45, 2.75) is 6.92 Å². The highest BCUT2D eigenvalue weighted by molar-refractivity contribution is 7.20. The molecule has 0 saturated carbocycles. The van der Waals surface area contributed by atoms with Crippen LogP contribution in [0.15, 0.2) is 30.6 Å². The van der Waals surface area contributed by atoms with Crippen LogP contribution in [0, 0.1) is 6.92 Å². The molecule has 3 rings (SSSR count). The van der Waals surface area contributed by atoms with Gasteiger partial charge in [0.2, 0.25) is 0 Å². The van der Waals surface area contributed by atoms with Gasteiger partial charge in [0.1, 0.15) is 27.6 Å². The Morgan fingerprint density at radius 1 is 1.23 bits per heavy atom. The largest absolute Gasteiger partial charge is 0.508 e. The molecule has 2 N–H and O–H groups in total. The third-order valence-corrected chi connectivity index (χ3v) is 4.64. The summed E-state index contributed by atoms with van der Waals surface area (Å²) >= 11 is 1.14. The first kappa shape index (κ1) is 14.3. The van der Waals surface area contributed by atoms with Crippen LogP contribution < -0.4 is 4.90 Å². The van der Waals surface area contributed by atoms with Crippen molar-refractivity contribution in [1.29, 1.82) is 0 Å². The SMILES string of the molecule is Cc1c(C(=O)O)sc2ncnc(N(C)c3ccc(O)cc3)c12. The van der Waals surface area contributed by atoms with E-state index < -0.39 is 5.97 Å². The van der Waals surface area contributed by atoms with Crippen molar-refractivity contribution in [3.63, 3.8) is 0 Å². The maximum Gasteiger partial charge on any atom is 0.346 e. The fourth-order valence-corrected chi connectivity index (χ4v) is 3.29. The van der Waals surface area contributed by atoms with E-state index >= 15 is 0 Å². The number of thiophene rings is 1. The Labute approximate surface area is 130 Å². The maximum atomic E-state index is 11.3. The second-order valence-electron chi connectivity index (χ2n) is 4.81. The van der Waals surface area contributed by atoms with Crippen LogP contribution >= 0.6 is 11.3 Å². The summed E-state index contributed by atoms with van der Waals surface area (Å²) in [6.07, 6.45) is 1.43. The summed E-state index contributed by atoms with van der Waals surface area (Å²) in [5.41, 5.74) is 1.49. The van der Waals surface area contributed by atoms with Gasteiger partial charge in [-0.15, -0.1) is 11.3 Å². The van der Waals surface area contributed by atoms with Crippen molar-refractivity contribution in [3.8, 4) is 5.75 Å². The summed E-state index contributed by atoms with van der Waals surface area (Å²) in [6.45, 7) is 1.76. The summed E-state index contributed by atoms with van der Waals surface area (Å²) in [7, 11) is 1.84. The summed E-state index contributed by atoms with van der Waals surface area (Å²) in [6, 6.07) is 6.72. The number of aromatic hydroxyl groups is 1. The molecule has 22 heavy (non-hydrogen) atoms. The van der Waals surface area contributed by atoms with E-state index in [1.54, 1.807) is 31.2 Å². The lowest BCUT2D eigenvalue weighted by Gasteiger charge is -2.19. The molecule has 0 spiro atoms. The van der Waals surface area contributed by atoms with Crippen LogP contribution in [0.2, 0.25) is 0 Å². The van der Waals surface area contributed by atoms with Gasteiger partial charge in [-0.3, -0.25) is 0 Å². The van der Waals surface area contributed by atoms with Gasteiger partial charge < -0.3 is 15.1 Å². The van der Waals surface area contributed by atoms with Crippen molar-refractivity contribution >= 4 is 39.0 Å². The van der Waals surface area contributed by atoms with Gasteiger partial charge in [0.25, 0.3) is 0 Å². The van der Waals surface area contributed by atoms with E-state index in [1.807, 2.05) is 11.9 Å². The molecule has 0 amide bonds. The number of carboxylic acids is 1. The average molecular weight is 315 g/mol. The van der Waals surface area contributed by atoms with Gasteiger partial charge in [0, 0.05) is 12.7 Å². The molecule has 0 radical (unpaired) electrons. The van der Waals surface area contributed by atoms with E-state index in [4.69, 9.17) is 0 Å². The third kappa shape index (κ3) is 2.25. The van der Waals surface area contributed by atoms with E-state index in [1.165, 1.54) is 6.33 Å². The van der Waals surface area contributed by atoms with E-state index in [0.29, 0.717) is 16.2 Å². The van der Waals surface area contributed by atoms with Crippen LogP contribution in [0.25, 0.3) is 10.2 Å². The Morgan fingerprint density at radius 2 is 1.91 bits per heavy atom. The molecule has 2 heterocycles. The van der Waals surface area contributed by atoms with Crippen molar-refractivity contribution < 1.29 is 15.0 Å². The third-order valence-electron chi connectivity index (χ3n) is 3.46. The molecule has 3 aromatic rings. The number of fused-ring (bicyclic) bond motifs is 1.